The molecule has 306 valence electrons. The van der Waals surface area contributed by atoms with Crippen LogP contribution in [0.1, 0.15) is 230 Å². The fraction of sp³-hybridized carbons (Fsp3) is 0.680. The second-order valence-electron chi connectivity index (χ2n) is 17.0. The summed E-state index contributed by atoms with van der Waals surface area (Å²) < 4.78 is 1.31. The van der Waals surface area contributed by atoms with E-state index in [1.54, 1.807) is 41.8 Å². The maximum atomic E-state index is 3.79. The molecule has 4 heterocycles. The Hall–Kier alpha value is -0.720. The molecule has 0 saturated heterocycles. The summed E-state index contributed by atoms with van der Waals surface area (Å²) in [4.78, 5) is 6.32. The minimum Gasteiger partial charge on any atom is -0.143 e. The Kier molecular flexibility index (Phi) is 20.1. The van der Waals surface area contributed by atoms with Gasteiger partial charge in [0.15, 0.2) is 0 Å². The van der Waals surface area contributed by atoms with E-state index in [0.29, 0.717) is 10.8 Å². The molecule has 2 aliphatic carbocycles. The topological polar surface area (TPSA) is 0 Å². The highest BCUT2D eigenvalue weighted by Gasteiger charge is 2.45. The largest absolute Gasteiger partial charge is 0.143 e. The zero-order chi connectivity index (χ0) is 38.8. The van der Waals surface area contributed by atoms with Crippen LogP contribution in [0.2, 0.25) is 0 Å². The molecule has 55 heavy (non-hydrogen) atoms. The van der Waals surface area contributed by atoms with Crippen molar-refractivity contribution in [2.24, 2.45) is 0 Å². The maximum absolute atomic E-state index is 3.79. The van der Waals surface area contributed by atoms with E-state index >= 15 is 0 Å². The smallest absolute Gasteiger partial charge is 0.0708 e. The summed E-state index contributed by atoms with van der Waals surface area (Å²) in [5.41, 5.74) is 7.29. The number of rotatable bonds is 28. The molecule has 0 fully saturated rings. The van der Waals surface area contributed by atoms with Gasteiger partial charge in [-0.2, -0.15) is 0 Å². The summed E-state index contributed by atoms with van der Waals surface area (Å²) >= 11 is 11.7. The molecule has 0 aromatic carbocycles. The highest BCUT2D eigenvalue weighted by atomic mass is 79.9. The lowest BCUT2D eigenvalue weighted by molar-refractivity contribution is 0.398. The molecule has 4 aromatic heterocycles. The molecular weight excluding hydrogens is 809 g/mol. The quantitative estimate of drug-likeness (QED) is 0.0499. The third-order valence-corrected chi connectivity index (χ3v) is 17.7. The molecule has 0 amide bonds. The molecule has 0 spiro atoms. The van der Waals surface area contributed by atoms with E-state index in [0.717, 1.165) is 0 Å². The zero-order valence-electron chi connectivity index (χ0n) is 35.4. The highest BCUT2D eigenvalue weighted by molar-refractivity contribution is 9.11. The van der Waals surface area contributed by atoms with Gasteiger partial charge in [0.25, 0.3) is 0 Å². The van der Waals surface area contributed by atoms with Gasteiger partial charge < -0.3 is 0 Å². The Morgan fingerprint density at radius 3 is 1.02 bits per heavy atom. The fourth-order valence-corrected chi connectivity index (χ4v) is 15.0. The molecule has 0 atom stereocenters. The Morgan fingerprint density at radius 2 is 0.673 bits per heavy atom. The Balaban J connectivity index is 0.000000211. The van der Waals surface area contributed by atoms with Gasteiger partial charge in [0.2, 0.25) is 0 Å². The van der Waals surface area contributed by atoms with Crippen molar-refractivity contribution < 1.29 is 0 Å². The van der Waals surface area contributed by atoms with Crippen LogP contribution in [0.4, 0.5) is 0 Å². The molecule has 0 saturated carbocycles. The number of hydrogen-bond acceptors (Lipinski definition) is 4. The van der Waals surface area contributed by atoms with Crippen LogP contribution in [0.15, 0.2) is 44.2 Å². The Bertz CT molecular complexity index is 1540. The van der Waals surface area contributed by atoms with E-state index in [-0.39, 0.29) is 0 Å². The first kappa shape index (κ1) is 45.4. The normalized spacial score (nSPS) is 14.4. The summed E-state index contributed by atoms with van der Waals surface area (Å²) in [6.07, 6.45) is 38.9. The third-order valence-electron chi connectivity index (χ3n) is 13.0. The average molecular weight is 884 g/mol. The van der Waals surface area contributed by atoms with Gasteiger partial charge in [-0.15, -0.1) is 45.3 Å². The second-order valence-corrected chi connectivity index (χ2v) is 22.2. The fourth-order valence-electron chi connectivity index (χ4n) is 9.92. The summed E-state index contributed by atoms with van der Waals surface area (Å²) in [7, 11) is 0. The Morgan fingerprint density at radius 1 is 0.382 bits per heavy atom. The summed E-state index contributed by atoms with van der Waals surface area (Å²) in [5.74, 6) is 0. The van der Waals surface area contributed by atoms with Crippen LogP contribution in [0, 0.1) is 0 Å². The zero-order valence-corrected chi connectivity index (χ0v) is 40.2. The number of hydrogen-bond donors (Lipinski definition) is 0. The number of halogens is 1. The number of fused-ring (bicyclic) bond motifs is 6. The molecule has 4 aromatic rings. The van der Waals surface area contributed by atoms with Crippen molar-refractivity contribution in [3.63, 3.8) is 0 Å². The van der Waals surface area contributed by atoms with Gasteiger partial charge in [0.1, 0.15) is 0 Å². The van der Waals surface area contributed by atoms with Crippen molar-refractivity contribution >= 4 is 61.3 Å². The first-order valence-corrected chi connectivity index (χ1v) is 27.4. The summed E-state index contributed by atoms with van der Waals surface area (Å²) in [6.45, 7) is 9.23. The average Bonchev–Trinajstić information content (AvgIpc) is 4.04. The van der Waals surface area contributed by atoms with Crippen molar-refractivity contribution in [3.8, 4) is 19.5 Å². The van der Waals surface area contributed by atoms with Crippen molar-refractivity contribution in [2.45, 2.75) is 218 Å². The SMILES string of the molecule is CCCCCCCCC1(CCCCCCCC)c2ccsc2-c2sc(Br)cc21.CCCCCCCCC1(CCCCCCCC)c2ccsc2-c2sccc21. The lowest BCUT2D eigenvalue weighted by Gasteiger charge is -2.31. The van der Waals surface area contributed by atoms with Gasteiger partial charge in [-0.1, -0.05) is 182 Å². The molecular formula is C50H75BrS4. The van der Waals surface area contributed by atoms with Crippen molar-refractivity contribution in [2.75, 3.05) is 0 Å². The van der Waals surface area contributed by atoms with Crippen LogP contribution < -0.4 is 0 Å². The molecule has 0 bridgehead atoms. The van der Waals surface area contributed by atoms with Gasteiger partial charge in [-0.05, 0) is 104 Å². The number of unbranched alkanes of at least 4 members (excludes halogenated alkanes) is 20. The summed E-state index contributed by atoms with van der Waals surface area (Å²) in [6, 6.07) is 9.83. The van der Waals surface area contributed by atoms with E-state index in [4.69, 9.17) is 0 Å². The minimum absolute atomic E-state index is 0.294. The van der Waals surface area contributed by atoms with Gasteiger partial charge in [-0.3, -0.25) is 0 Å². The lowest BCUT2D eigenvalue weighted by Crippen LogP contribution is -2.24. The monoisotopic (exact) mass is 882 g/mol. The predicted molar refractivity (Wildman–Crippen MR) is 256 cm³/mol. The van der Waals surface area contributed by atoms with Crippen molar-refractivity contribution in [1.29, 1.82) is 0 Å². The van der Waals surface area contributed by atoms with Crippen LogP contribution in [0.5, 0.6) is 0 Å². The Labute approximate surface area is 362 Å². The van der Waals surface area contributed by atoms with Crippen LogP contribution in [-0.4, -0.2) is 0 Å². The van der Waals surface area contributed by atoms with Gasteiger partial charge >= 0.3 is 0 Å². The van der Waals surface area contributed by atoms with Crippen molar-refractivity contribution in [1.82, 2.24) is 0 Å². The van der Waals surface area contributed by atoms with Gasteiger partial charge in [0, 0.05) is 30.3 Å². The molecule has 5 heteroatoms. The molecule has 0 aliphatic heterocycles. The van der Waals surface area contributed by atoms with Crippen LogP contribution in [-0.2, 0) is 10.8 Å². The van der Waals surface area contributed by atoms with E-state index in [2.05, 4.69) is 84.0 Å². The molecule has 0 nitrogen and oxygen atoms in total. The van der Waals surface area contributed by atoms with E-state index in [9.17, 15) is 0 Å². The van der Waals surface area contributed by atoms with Crippen LogP contribution >= 0.6 is 61.3 Å². The molecule has 0 radical (unpaired) electrons. The molecule has 0 N–H and O–H groups in total. The van der Waals surface area contributed by atoms with Gasteiger partial charge in [0.05, 0.1) is 3.79 Å². The van der Waals surface area contributed by atoms with E-state index in [1.165, 1.54) is 184 Å². The van der Waals surface area contributed by atoms with Crippen LogP contribution in [0.25, 0.3) is 19.5 Å². The molecule has 6 rings (SSSR count). The molecule has 2 aliphatic rings. The number of thiophene rings is 4. The highest BCUT2D eigenvalue weighted by Crippen LogP contribution is 2.60. The van der Waals surface area contributed by atoms with E-state index in [1.807, 2.05) is 45.3 Å². The lowest BCUT2D eigenvalue weighted by atomic mass is 9.71. The first-order chi connectivity index (χ1) is 27.1. The minimum atomic E-state index is 0.294. The second kappa shape index (κ2) is 24.4. The van der Waals surface area contributed by atoms with Crippen molar-refractivity contribution in [3.05, 3.63) is 66.4 Å². The summed E-state index contributed by atoms with van der Waals surface area (Å²) in [5, 5.41) is 7.01. The van der Waals surface area contributed by atoms with E-state index < -0.39 is 0 Å². The van der Waals surface area contributed by atoms with Crippen LogP contribution in [0.3, 0.4) is 0 Å². The first-order valence-electron chi connectivity index (χ1n) is 23.1. The maximum Gasteiger partial charge on any atom is 0.0708 e. The van der Waals surface area contributed by atoms with Gasteiger partial charge in [-0.25, -0.2) is 0 Å². The standard InChI is InChI=1S/C25H37BrS2.C25H38S2/c1-3-5-7-9-11-13-16-25(17-14-12-10-8-6-4-2)20-15-18-27-23(20)24-21(25)19-22(26)28-24;1-3-5-7-9-11-13-17-25(18-14-12-10-8-6-4-2)21-15-19-26-23(21)24-22(25)16-20-27-24/h15,18-19H,3-14,16-17H2,1-2H3;15-16,19-20H,3-14,17-18H2,1-2H3. The molecule has 0 unspecified atom stereocenters. The predicted octanol–water partition coefficient (Wildman–Crippen LogP) is 19.9. The third kappa shape index (κ3) is 11.7.